The van der Waals surface area contributed by atoms with Gasteiger partial charge in [0.25, 0.3) is 0 Å². The van der Waals surface area contributed by atoms with Crippen LogP contribution in [0.2, 0.25) is 0 Å². The average molecular weight is 444 g/mol. The van der Waals surface area contributed by atoms with Crippen molar-refractivity contribution in [1.82, 2.24) is 0 Å². The van der Waals surface area contributed by atoms with Crippen molar-refractivity contribution >= 4 is 93.6 Å². The Morgan fingerprint density at radius 1 is 1.15 bits per heavy atom. The number of hydrogen-bond acceptors (Lipinski definition) is 8. The molecule has 0 saturated carbocycles. The molecule has 2 nitrogen and oxygen atoms in total. The molecule has 0 amide bonds. The van der Waals surface area contributed by atoms with Gasteiger partial charge in [0.1, 0.15) is 0 Å². The van der Waals surface area contributed by atoms with E-state index in [1.165, 1.54) is 24.0 Å². The van der Waals surface area contributed by atoms with Gasteiger partial charge in [0.15, 0.2) is 0 Å². The SMILES string of the molecule is CSC1=C(SC)SC(=c2sc(=O)/c(=C3\OC=C[Se]3)s2)S1. The molecule has 0 fully saturated rings. The van der Waals surface area contributed by atoms with Gasteiger partial charge in [0.05, 0.1) is 0 Å². The van der Waals surface area contributed by atoms with Crippen molar-refractivity contribution < 1.29 is 4.74 Å². The van der Waals surface area contributed by atoms with E-state index in [1.807, 2.05) is 4.97 Å². The summed E-state index contributed by atoms with van der Waals surface area (Å²) in [4.78, 5) is 14.1. The van der Waals surface area contributed by atoms with E-state index in [9.17, 15) is 4.79 Å². The Morgan fingerprint density at radius 2 is 1.85 bits per heavy atom. The van der Waals surface area contributed by atoms with Crippen LogP contribution in [0.25, 0.3) is 8.89 Å². The zero-order chi connectivity index (χ0) is 14.1. The average Bonchev–Trinajstić information content (AvgIpc) is 3.16. The van der Waals surface area contributed by atoms with Crippen LogP contribution in [0.5, 0.6) is 0 Å². The summed E-state index contributed by atoms with van der Waals surface area (Å²) in [7, 11) is 0. The molecule has 0 radical (unpaired) electrons. The molecule has 0 unspecified atom stereocenters. The summed E-state index contributed by atoms with van der Waals surface area (Å²) in [5.41, 5.74) is 0. The summed E-state index contributed by atoms with van der Waals surface area (Å²) in [6.45, 7) is 0. The predicted molar refractivity (Wildman–Crippen MR) is 99.7 cm³/mol. The fourth-order valence-electron chi connectivity index (χ4n) is 1.41. The van der Waals surface area contributed by atoms with Gasteiger partial charge in [-0.3, -0.25) is 0 Å². The molecule has 3 rings (SSSR count). The molecule has 2 aliphatic heterocycles. The molecule has 0 bridgehead atoms. The van der Waals surface area contributed by atoms with E-state index in [0.29, 0.717) is 0 Å². The molecule has 3 heterocycles. The molecule has 0 aliphatic carbocycles. The van der Waals surface area contributed by atoms with E-state index < -0.39 is 0 Å². The molecule has 9 heteroatoms. The van der Waals surface area contributed by atoms with E-state index in [0.717, 1.165) is 13.0 Å². The number of ether oxygens (including phenoxy) is 1. The third-order valence-electron chi connectivity index (χ3n) is 2.23. The topological polar surface area (TPSA) is 26.3 Å². The van der Waals surface area contributed by atoms with Crippen molar-refractivity contribution in [3.63, 3.8) is 0 Å². The van der Waals surface area contributed by atoms with Gasteiger partial charge in [-0.1, -0.05) is 0 Å². The standard InChI is InChI=1S/C11H8O2S6Se/c1-14-8-9(15-2)19-11(18-8)10-16-5(6(12)17-10)7-13-3-4-20-7/h3-4H,1-2H3/b7-5-. The first kappa shape index (κ1) is 15.7. The fourth-order valence-corrected chi connectivity index (χ4v) is 10.7. The molecule has 2 aliphatic rings. The van der Waals surface area contributed by atoms with Crippen LogP contribution in [-0.2, 0) is 4.74 Å². The van der Waals surface area contributed by atoms with Crippen LogP contribution in [-0.4, -0.2) is 27.5 Å². The normalized spacial score (nSPS) is 21.0. The molecule has 0 spiro atoms. The third-order valence-corrected chi connectivity index (χ3v) is 12.2. The zero-order valence-electron chi connectivity index (χ0n) is 10.3. The fraction of sp³-hybridized carbons (Fsp3) is 0.182. The monoisotopic (exact) mass is 444 g/mol. The third kappa shape index (κ3) is 3.10. The van der Waals surface area contributed by atoms with Crippen molar-refractivity contribution in [2.45, 2.75) is 0 Å². The summed E-state index contributed by atoms with van der Waals surface area (Å²) in [5.74, 6) is 0. The summed E-state index contributed by atoms with van der Waals surface area (Å²) >= 11 is 10.2. The minimum absolute atomic E-state index is 0.127. The Hall–Kier alpha value is 0.789. The van der Waals surface area contributed by atoms with E-state index in [4.69, 9.17) is 4.74 Å². The van der Waals surface area contributed by atoms with Gasteiger partial charge in [-0.2, -0.15) is 0 Å². The van der Waals surface area contributed by atoms with Crippen LogP contribution in [0, 0.1) is 0 Å². The van der Waals surface area contributed by atoms with Crippen molar-refractivity contribution in [2.24, 2.45) is 0 Å². The van der Waals surface area contributed by atoms with Crippen LogP contribution < -0.4 is 13.1 Å². The van der Waals surface area contributed by atoms with Crippen LogP contribution in [0.3, 0.4) is 0 Å². The van der Waals surface area contributed by atoms with Crippen LogP contribution >= 0.6 is 69.7 Å². The minimum atomic E-state index is 0.127. The van der Waals surface area contributed by atoms with Crippen molar-refractivity contribution in [3.8, 4) is 0 Å². The molecule has 1 aromatic heterocycles. The Labute approximate surface area is 147 Å². The Kier molecular flexibility index (Phi) is 5.42. The van der Waals surface area contributed by atoms with Crippen molar-refractivity contribution in [3.05, 3.63) is 37.6 Å². The van der Waals surface area contributed by atoms with Gasteiger partial charge in [-0.25, -0.2) is 0 Å². The van der Waals surface area contributed by atoms with E-state index in [-0.39, 0.29) is 19.7 Å². The van der Waals surface area contributed by atoms with Crippen LogP contribution in [0.15, 0.2) is 24.5 Å². The molecule has 0 saturated heterocycles. The molecule has 0 atom stereocenters. The second-order valence-electron chi connectivity index (χ2n) is 3.38. The Bertz CT molecular complexity index is 744. The molecule has 20 heavy (non-hydrogen) atoms. The van der Waals surface area contributed by atoms with Crippen molar-refractivity contribution in [2.75, 3.05) is 12.5 Å². The quantitative estimate of drug-likeness (QED) is 0.653. The molecule has 1 aromatic rings. The molecule has 0 aromatic carbocycles. The maximum absolute atomic E-state index is 12.1. The van der Waals surface area contributed by atoms with Gasteiger partial charge in [-0.15, -0.1) is 0 Å². The second-order valence-corrected chi connectivity index (χ2v) is 11.9. The number of rotatable bonds is 2. The predicted octanol–water partition coefficient (Wildman–Crippen LogP) is 2.84. The maximum atomic E-state index is 12.1. The van der Waals surface area contributed by atoms with E-state index >= 15 is 0 Å². The van der Waals surface area contributed by atoms with E-state index in [1.54, 1.807) is 64.6 Å². The molecular formula is C11H8O2S6Se. The molecule has 106 valence electrons. The van der Waals surface area contributed by atoms with Gasteiger partial charge in [-0.05, 0) is 0 Å². The van der Waals surface area contributed by atoms with Crippen LogP contribution in [0.4, 0.5) is 0 Å². The molecule has 0 N–H and O–H groups in total. The molecular weight excluding hydrogens is 435 g/mol. The Morgan fingerprint density at radius 3 is 2.40 bits per heavy atom. The zero-order valence-corrected chi connectivity index (χ0v) is 16.9. The summed E-state index contributed by atoms with van der Waals surface area (Å²) < 4.78 is 12.2. The van der Waals surface area contributed by atoms with Gasteiger partial charge < -0.3 is 0 Å². The summed E-state index contributed by atoms with van der Waals surface area (Å²) in [6.07, 6.45) is 5.88. The first-order valence-electron chi connectivity index (χ1n) is 5.27. The first-order valence-corrected chi connectivity index (χ1v) is 12.8. The number of hydrogen-bond donors (Lipinski definition) is 0. The van der Waals surface area contributed by atoms with Crippen LogP contribution in [0.1, 0.15) is 0 Å². The number of thioether (sulfide) groups is 4. The van der Waals surface area contributed by atoms with Gasteiger partial charge in [0, 0.05) is 0 Å². The summed E-state index contributed by atoms with van der Waals surface area (Å²) in [6, 6.07) is 0. The summed E-state index contributed by atoms with van der Waals surface area (Å²) in [5, 5.41) is 0. The second kappa shape index (κ2) is 6.91. The van der Waals surface area contributed by atoms with Crippen molar-refractivity contribution in [1.29, 1.82) is 0 Å². The van der Waals surface area contributed by atoms with Gasteiger partial charge >= 0.3 is 148 Å². The van der Waals surface area contributed by atoms with Gasteiger partial charge in [0.2, 0.25) is 0 Å². The van der Waals surface area contributed by atoms with E-state index in [2.05, 4.69) is 12.5 Å². The first-order chi connectivity index (χ1) is 9.72. The Balaban J connectivity index is 2.06.